The molecule has 0 bridgehead atoms. The van der Waals surface area contributed by atoms with Gasteiger partial charge in [-0.25, -0.2) is 9.97 Å². The van der Waals surface area contributed by atoms with E-state index < -0.39 is 0 Å². The Bertz CT molecular complexity index is 638. The molecule has 8 heteroatoms. The first-order chi connectivity index (χ1) is 10.2. The number of hydrogen-bond acceptors (Lipinski definition) is 6. The normalized spacial score (nSPS) is 19.0. The van der Waals surface area contributed by atoms with Crippen molar-refractivity contribution in [3.63, 3.8) is 0 Å². The van der Waals surface area contributed by atoms with E-state index in [9.17, 15) is 4.79 Å². The molecule has 1 saturated heterocycles. The molecule has 1 fully saturated rings. The molecular weight excluding hydrogens is 290 g/mol. The van der Waals surface area contributed by atoms with E-state index in [0.717, 1.165) is 17.3 Å². The van der Waals surface area contributed by atoms with Crippen molar-refractivity contribution < 1.29 is 9.53 Å². The Labute approximate surface area is 126 Å². The van der Waals surface area contributed by atoms with Crippen LogP contribution in [0.1, 0.15) is 39.4 Å². The third-order valence-electron chi connectivity index (χ3n) is 3.36. The first-order valence-electron chi connectivity index (χ1n) is 6.92. The van der Waals surface area contributed by atoms with Crippen LogP contribution >= 0.6 is 11.3 Å². The van der Waals surface area contributed by atoms with Crippen LogP contribution < -0.4 is 0 Å². The van der Waals surface area contributed by atoms with Crippen LogP contribution in [0.15, 0.2) is 6.20 Å². The maximum absolute atomic E-state index is 12.4. The quantitative estimate of drug-likeness (QED) is 0.925. The van der Waals surface area contributed by atoms with Crippen LogP contribution in [-0.4, -0.2) is 50.7 Å². The van der Waals surface area contributed by atoms with Crippen molar-refractivity contribution in [2.45, 2.75) is 26.4 Å². The Kier molecular flexibility index (Phi) is 3.98. The zero-order valence-corrected chi connectivity index (χ0v) is 12.8. The Balaban J connectivity index is 1.72. The Morgan fingerprint density at radius 1 is 1.62 bits per heavy atom. The van der Waals surface area contributed by atoms with Crippen molar-refractivity contribution in [3.8, 4) is 0 Å². The Hall–Kier alpha value is -1.80. The Morgan fingerprint density at radius 2 is 2.48 bits per heavy atom. The number of carbonyl (C=O) groups excluding carboxylic acids is 1. The zero-order valence-electron chi connectivity index (χ0n) is 12.0. The number of morpholine rings is 1. The van der Waals surface area contributed by atoms with E-state index in [1.54, 1.807) is 11.1 Å². The number of aryl methyl sites for hydroxylation is 2. The third-order valence-corrected chi connectivity index (χ3v) is 4.26. The maximum Gasteiger partial charge on any atom is 0.265 e. The first-order valence-corrected chi connectivity index (χ1v) is 7.73. The summed E-state index contributed by atoms with van der Waals surface area (Å²) >= 11 is 1.41. The fraction of sp³-hybridized carbons (Fsp3) is 0.538. The van der Waals surface area contributed by atoms with Crippen LogP contribution in [0.3, 0.4) is 0 Å². The summed E-state index contributed by atoms with van der Waals surface area (Å²) in [7, 11) is 0. The van der Waals surface area contributed by atoms with Gasteiger partial charge < -0.3 is 9.64 Å². The second kappa shape index (κ2) is 5.90. The molecule has 3 heterocycles. The first kappa shape index (κ1) is 14.2. The van der Waals surface area contributed by atoms with Gasteiger partial charge in [0.2, 0.25) is 0 Å². The van der Waals surface area contributed by atoms with Gasteiger partial charge in [0.15, 0.2) is 5.82 Å². The molecule has 1 aliphatic heterocycles. The molecule has 7 nitrogen and oxygen atoms in total. The van der Waals surface area contributed by atoms with Crippen LogP contribution in [0.25, 0.3) is 0 Å². The Morgan fingerprint density at radius 3 is 3.14 bits per heavy atom. The van der Waals surface area contributed by atoms with Crippen molar-refractivity contribution >= 4 is 17.2 Å². The summed E-state index contributed by atoms with van der Waals surface area (Å²) < 4.78 is 5.69. The fourth-order valence-corrected chi connectivity index (χ4v) is 2.96. The molecule has 0 aliphatic carbocycles. The van der Waals surface area contributed by atoms with Crippen LogP contribution in [0, 0.1) is 6.92 Å². The number of nitrogens with one attached hydrogen (secondary N) is 1. The van der Waals surface area contributed by atoms with Gasteiger partial charge in [0.1, 0.15) is 16.8 Å². The predicted molar refractivity (Wildman–Crippen MR) is 77.2 cm³/mol. The highest BCUT2D eigenvalue weighted by molar-refractivity contribution is 7.13. The summed E-state index contributed by atoms with van der Waals surface area (Å²) in [6.07, 6.45) is 2.16. The molecule has 3 rings (SSSR count). The highest BCUT2D eigenvalue weighted by atomic mass is 32.1. The van der Waals surface area contributed by atoms with Crippen molar-refractivity contribution in [1.29, 1.82) is 0 Å². The van der Waals surface area contributed by atoms with Gasteiger partial charge in [-0.1, -0.05) is 6.92 Å². The molecule has 1 aliphatic rings. The summed E-state index contributed by atoms with van der Waals surface area (Å²) in [6, 6.07) is 0. The third kappa shape index (κ3) is 2.96. The minimum Gasteiger partial charge on any atom is -0.366 e. The molecule has 1 atom stereocenters. The maximum atomic E-state index is 12.4. The molecule has 0 aromatic carbocycles. The van der Waals surface area contributed by atoms with Crippen LogP contribution in [-0.2, 0) is 11.2 Å². The summed E-state index contributed by atoms with van der Waals surface area (Å²) in [5.41, 5.74) is 0. The van der Waals surface area contributed by atoms with Crippen molar-refractivity contribution in [3.05, 3.63) is 27.7 Å². The average Bonchev–Trinajstić information content (AvgIpc) is 3.15. The SMILES string of the molecule is CCc1nc([C@H]2CN(C(=O)c3cnc(C)s3)CCO2)n[nH]1. The zero-order chi connectivity index (χ0) is 14.8. The lowest BCUT2D eigenvalue weighted by atomic mass is 10.2. The van der Waals surface area contributed by atoms with E-state index in [2.05, 4.69) is 20.2 Å². The molecule has 112 valence electrons. The number of hydrogen-bond donors (Lipinski definition) is 1. The number of ether oxygens (including phenoxy) is 1. The molecule has 1 amide bonds. The van der Waals surface area contributed by atoms with Gasteiger partial charge >= 0.3 is 0 Å². The van der Waals surface area contributed by atoms with Gasteiger partial charge in [0.25, 0.3) is 5.91 Å². The number of aromatic nitrogens is 4. The molecular formula is C13H17N5O2S. The second-order valence-corrected chi connectivity index (χ2v) is 6.08. The van der Waals surface area contributed by atoms with Gasteiger partial charge in [0, 0.05) is 13.0 Å². The molecule has 1 N–H and O–H groups in total. The van der Waals surface area contributed by atoms with E-state index in [1.165, 1.54) is 11.3 Å². The lowest BCUT2D eigenvalue weighted by Gasteiger charge is -2.31. The smallest absolute Gasteiger partial charge is 0.265 e. The van der Waals surface area contributed by atoms with Gasteiger partial charge in [0.05, 0.1) is 24.4 Å². The number of carbonyl (C=O) groups is 1. The highest BCUT2D eigenvalue weighted by Crippen LogP contribution is 2.22. The molecule has 0 unspecified atom stereocenters. The number of nitrogens with zero attached hydrogens (tertiary/aromatic N) is 4. The van der Waals surface area contributed by atoms with Crippen molar-refractivity contribution in [2.75, 3.05) is 19.7 Å². The lowest BCUT2D eigenvalue weighted by molar-refractivity contribution is -0.0265. The summed E-state index contributed by atoms with van der Waals surface area (Å²) in [5.74, 6) is 1.44. The lowest BCUT2D eigenvalue weighted by Crippen LogP contribution is -2.42. The standard InChI is InChI=1S/C13H17N5O2S/c1-3-11-15-12(17-16-11)9-7-18(4-5-20-9)13(19)10-6-14-8(2)21-10/h6,9H,3-5,7H2,1-2H3,(H,15,16,17)/t9-/m1/s1. The molecule has 21 heavy (non-hydrogen) atoms. The summed E-state index contributed by atoms with van der Waals surface area (Å²) in [6.45, 7) is 5.44. The van der Waals surface area contributed by atoms with Gasteiger partial charge in [-0.3, -0.25) is 9.89 Å². The number of amides is 1. The molecule has 0 spiro atoms. The largest absolute Gasteiger partial charge is 0.366 e. The molecule has 0 saturated carbocycles. The van der Waals surface area contributed by atoms with E-state index in [4.69, 9.17) is 4.74 Å². The summed E-state index contributed by atoms with van der Waals surface area (Å²) in [5, 5.41) is 7.95. The van der Waals surface area contributed by atoms with Crippen LogP contribution in [0.4, 0.5) is 0 Å². The number of aromatic amines is 1. The van der Waals surface area contributed by atoms with Crippen molar-refractivity contribution in [2.24, 2.45) is 0 Å². The average molecular weight is 307 g/mol. The predicted octanol–water partition coefficient (Wildman–Crippen LogP) is 1.35. The van der Waals surface area contributed by atoms with Gasteiger partial charge in [-0.2, -0.15) is 5.10 Å². The topological polar surface area (TPSA) is 84.0 Å². The number of H-pyrrole nitrogens is 1. The van der Waals surface area contributed by atoms with E-state index in [0.29, 0.717) is 30.4 Å². The van der Waals surface area contributed by atoms with E-state index in [-0.39, 0.29) is 12.0 Å². The van der Waals surface area contributed by atoms with Crippen LogP contribution in [0.2, 0.25) is 0 Å². The van der Waals surface area contributed by atoms with Crippen molar-refractivity contribution in [1.82, 2.24) is 25.1 Å². The number of rotatable bonds is 3. The van der Waals surface area contributed by atoms with E-state index >= 15 is 0 Å². The van der Waals surface area contributed by atoms with Crippen LogP contribution in [0.5, 0.6) is 0 Å². The number of thiazole rings is 1. The molecule has 2 aromatic heterocycles. The molecule has 0 radical (unpaired) electrons. The summed E-state index contributed by atoms with van der Waals surface area (Å²) in [4.78, 5) is 23.4. The minimum absolute atomic E-state index is 0.000140. The highest BCUT2D eigenvalue weighted by Gasteiger charge is 2.29. The molecule has 2 aromatic rings. The fourth-order valence-electron chi connectivity index (χ4n) is 2.22. The second-order valence-electron chi connectivity index (χ2n) is 4.85. The van der Waals surface area contributed by atoms with E-state index in [1.807, 2.05) is 13.8 Å². The monoisotopic (exact) mass is 307 g/mol. The minimum atomic E-state index is -0.270. The van der Waals surface area contributed by atoms with Gasteiger partial charge in [-0.05, 0) is 6.92 Å². The van der Waals surface area contributed by atoms with Gasteiger partial charge in [-0.15, -0.1) is 11.3 Å².